The molecule has 0 bridgehead atoms. The van der Waals surface area contributed by atoms with Crippen molar-refractivity contribution in [1.82, 2.24) is 0 Å². The van der Waals surface area contributed by atoms with E-state index in [0.29, 0.717) is 29.2 Å². The molecule has 1 aromatic carbocycles. The van der Waals surface area contributed by atoms with E-state index in [2.05, 4.69) is 73.6 Å². The van der Waals surface area contributed by atoms with Gasteiger partial charge in [-0.2, -0.15) is 0 Å². The molecule has 4 heterocycles. The van der Waals surface area contributed by atoms with Crippen LogP contribution in [0, 0.1) is 31.6 Å². The zero-order valence-corrected chi connectivity index (χ0v) is 35.6. The maximum Gasteiger partial charge on any atom is 0.348 e. The first-order chi connectivity index (χ1) is 24.8. The van der Waals surface area contributed by atoms with Crippen molar-refractivity contribution in [1.29, 1.82) is 0 Å². The Bertz CT molecular complexity index is 1780. The van der Waals surface area contributed by atoms with E-state index in [0.717, 1.165) is 61.2 Å². The van der Waals surface area contributed by atoms with E-state index >= 15 is 0 Å². The molecule has 4 nitrogen and oxygen atoms in total. The van der Waals surface area contributed by atoms with Crippen LogP contribution in [0.15, 0.2) is 18.2 Å². The van der Waals surface area contributed by atoms with Gasteiger partial charge in [-0.15, -0.1) is 45.3 Å². The number of carbonyl (C=O) groups is 1. The van der Waals surface area contributed by atoms with Crippen LogP contribution in [-0.4, -0.2) is 25.8 Å². The van der Waals surface area contributed by atoms with E-state index in [9.17, 15) is 4.79 Å². The third-order valence-electron chi connectivity index (χ3n) is 10.5. The predicted octanol–water partition coefficient (Wildman–Crippen LogP) is 15.2. The summed E-state index contributed by atoms with van der Waals surface area (Å²) in [5.41, 5.74) is 0. The summed E-state index contributed by atoms with van der Waals surface area (Å²) in [7, 11) is 0. The molecule has 0 saturated carbocycles. The maximum atomic E-state index is 13.3. The summed E-state index contributed by atoms with van der Waals surface area (Å²) in [5.74, 6) is 3.33. The molecule has 0 aliphatic carbocycles. The van der Waals surface area contributed by atoms with Crippen LogP contribution in [0.3, 0.4) is 0 Å². The molecule has 0 aliphatic rings. The molecule has 0 saturated heterocycles. The van der Waals surface area contributed by atoms with Gasteiger partial charge in [-0.05, 0) is 69.1 Å². The van der Waals surface area contributed by atoms with Crippen LogP contribution < -0.4 is 9.47 Å². The number of benzene rings is 1. The number of aryl methyl sites for hydroxylation is 2. The van der Waals surface area contributed by atoms with Crippen LogP contribution in [0.5, 0.6) is 11.5 Å². The highest BCUT2D eigenvalue weighted by Crippen LogP contribution is 2.53. The molecule has 0 N–H and O–H groups in total. The molecule has 0 aliphatic heterocycles. The first-order valence-electron chi connectivity index (χ1n) is 19.7. The smallest absolute Gasteiger partial charge is 0.348 e. The number of ether oxygens (including phenoxy) is 3. The van der Waals surface area contributed by atoms with E-state index in [1.54, 1.807) is 11.3 Å². The van der Waals surface area contributed by atoms with E-state index in [-0.39, 0.29) is 5.97 Å². The van der Waals surface area contributed by atoms with Crippen LogP contribution in [0.1, 0.15) is 138 Å². The van der Waals surface area contributed by atoms with Crippen molar-refractivity contribution in [3.05, 3.63) is 32.8 Å². The van der Waals surface area contributed by atoms with E-state index < -0.39 is 0 Å². The third-order valence-corrected chi connectivity index (χ3v) is 15.3. The molecule has 5 rings (SSSR count). The summed E-state index contributed by atoms with van der Waals surface area (Å²) in [4.78, 5) is 19.0. The molecule has 0 fully saturated rings. The number of unbranched alkanes of at least 4 members (excludes halogenated alkanes) is 3. The number of hydrogen-bond donors (Lipinski definition) is 0. The zero-order valence-electron chi connectivity index (χ0n) is 32.3. The van der Waals surface area contributed by atoms with Gasteiger partial charge in [0.1, 0.15) is 16.4 Å². The van der Waals surface area contributed by atoms with Gasteiger partial charge in [-0.3, -0.25) is 0 Å². The Morgan fingerprint density at radius 1 is 0.608 bits per heavy atom. The molecule has 3 atom stereocenters. The molecule has 0 spiro atoms. The fraction of sp³-hybridized carbons (Fsp3) is 0.605. The Hall–Kier alpha value is -2.13. The normalized spacial score (nSPS) is 13.7. The number of rotatable bonds is 22. The first-order valence-corrected chi connectivity index (χ1v) is 23.0. The van der Waals surface area contributed by atoms with Gasteiger partial charge in [0, 0.05) is 35.5 Å². The van der Waals surface area contributed by atoms with Gasteiger partial charge in [-0.1, -0.05) is 99.3 Å². The van der Waals surface area contributed by atoms with E-state index in [1.807, 2.05) is 34.0 Å². The Balaban J connectivity index is 1.56. The molecule has 5 aromatic rings. The quantitative estimate of drug-likeness (QED) is 0.0658. The van der Waals surface area contributed by atoms with Crippen molar-refractivity contribution in [2.75, 3.05) is 19.8 Å². The fourth-order valence-corrected chi connectivity index (χ4v) is 11.5. The van der Waals surface area contributed by atoms with Gasteiger partial charge in [-0.25, -0.2) is 4.79 Å². The maximum absolute atomic E-state index is 13.3. The summed E-state index contributed by atoms with van der Waals surface area (Å²) < 4.78 is 23.3. The molecule has 51 heavy (non-hydrogen) atoms. The van der Waals surface area contributed by atoms with Gasteiger partial charge in [0.2, 0.25) is 0 Å². The average molecular weight is 769 g/mol. The molecule has 4 aromatic heterocycles. The molecule has 0 amide bonds. The third kappa shape index (κ3) is 9.52. The van der Waals surface area contributed by atoms with Crippen molar-refractivity contribution >= 4 is 81.6 Å². The minimum Gasteiger partial charge on any atom is -0.491 e. The van der Waals surface area contributed by atoms with E-state index in [4.69, 9.17) is 14.2 Å². The summed E-state index contributed by atoms with van der Waals surface area (Å²) >= 11 is 7.04. The van der Waals surface area contributed by atoms with E-state index in [1.165, 1.54) is 90.4 Å². The first kappa shape index (κ1) is 40.1. The van der Waals surface area contributed by atoms with Crippen molar-refractivity contribution in [3.63, 3.8) is 0 Å². The molecule has 280 valence electrons. The Labute approximate surface area is 322 Å². The Morgan fingerprint density at radius 2 is 1.14 bits per heavy atom. The van der Waals surface area contributed by atoms with Crippen molar-refractivity contribution in [2.45, 2.75) is 132 Å². The molecule has 3 unspecified atom stereocenters. The van der Waals surface area contributed by atoms with Gasteiger partial charge in [0.25, 0.3) is 0 Å². The zero-order chi connectivity index (χ0) is 36.5. The minimum absolute atomic E-state index is 0.193. The topological polar surface area (TPSA) is 44.8 Å². The minimum atomic E-state index is -0.193. The molecule has 0 radical (unpaired) electrons. The highest BCUT2D eigenvalue weighted by molar-refractivity contribution is 7.30. The standard InChI is InChI=1S/C43H60O4S4/c1-9-15-18-29(12-4)24-45-37-32-21-27(7)48-41(32)38(46-25-30(13-5)19-16-10-2)33-22-35(50-42(33)37)40-34-23-36(51-39(34)28(8)49-40)43(44)47-26-31(14-6)20-17-11-3/h21-23,29-31H,9-20,24-26H2,1-8H3. The summed E-state index contributed by atoms with van der Waals surface area (Å²) in [6.07, 6.45) is 14.0. The highest BCUT2D eigenvalue weighted by Gasteiger charge is 2.26. The lowest BCUT2D eigenvalue weighted by Gasteiger charge is -2.19. The van der Waals surface area contributed by atoms with Crippen LogP contribution in [0.25, 0.3) is 40.0 Å². The molecular formula is C43H60O4S4. The SMILES string of the molecule is CCCCC(CC)COC(=O)c1cc2c(-c3cc4c(OCC(CC)CCCC)c5sc(C)cc5c(OCC(CC)CCCC)c4s3)sc(C)c2s1. The lowest BCUT2D eigenvalue weighted by Crippen LogP contribution is -2.13. The monoisotopic (exact) mass is 768 g/mol. The fourth-order valence-electron chi connectivity index (χ4n) is 6.94. The molecular weight excluding hydrogens is 709 g/mol. The van der Waals surface area contributed by atoms with Crippen LogP contribution in [-0.2, 0) is 4.74 Å². The number of carbonyl (C=O) groups excluding carboxylic acids is 1. The largest absolute Gasteiger partial charge is 0.491 e. The number of fused-ring (bicyclic) bond motifs is 3. The lowest BCUT2D eigenvalue weighted by molar-refractivity contribution is 0.0434. The number of esters is 1. The van der Waals surface area contributed by atoms with Gasteiger partial charge < -0.3 is 14.2 Å². The Kier molecular flexibility index (Phi) is 15.1. The number of hydrogen-bond acceptors (Lipinski definition) is 8. The van der Waals surface area contributed by atoms with Crippen LogP contribution in [0.2, 0.25) is 0 Å². The number of thiophene rings is 4. The van der Waals surface area contributed by atoms with Gasteiger partial charge >= 0.3 is 5.97 Å². The predicted molar refractivity (Wildman–Crippen MR) is 227 cm³/mol. The second-order valence-electron chi connectivity index (χ2n) is 14.4. The van der Waals surface area contributed by atoms with Crippen LogP contribution >= 0.6 is 45.3 Å². The van der Waals surface area contributed by atoms with Gasteiger partial charge in [0.05, 0.1) is 34.1 Å². The lowest BCUT2D eigenvalue weighted by atomic mass is 10.0. The summed E-state index contributed by atoms with van der Waals surface area (Å²) in [6.45, 7) is 19.9. The van der Waals surface area contributed by atoms with Gasteiger partial charge in [0.15, 0.2) is 0 Å². The summed E-state index contributed by atoms with van der Waals surface area (Å²) in [6, 6.07) is 6.73. The van der Waals surface area contributed by atoms with Crippen molar-refractivity contribution in [3.8, 4) is 21.3 Å². The highest BCUT2D eigenvalue weighted by atomic mass is 32.1. The molecule has 8 heteroatoms. The van der Waals surface area contributed by atoms with Crippen molar-refractivity contribution < 1.29 is 19.0 Å². The van der Waals surface area contributed by atoms with Crippen LogP contribution in [0.4, 0.5) is 0 Å². The summed E-state index contributed by atoms with van der Waals surface area (Å²) in [5, 5.41) is 3.48. The average Bonchev–Trinajstić information content (AvgIpc) is 3.92. The Morgan fingerprint density at radius 3 is 1.69 bits per heavy atom. The second-order valence-corrected chi connectivity index (χ2v) is 19.0. The second kappa shape index (κ2) is 19.3. The van der Waals surface area contributed by atoms with Crippen molar-refractivity contribution in [2.24, 2.45) is 17.8 Å².